The molecular formula is C23H23Cl2F3N4O3. The summed E-state index contributed by atoms with van der Waals surface area (Å²) in [6.45, 7) is 1.67. The zero-order valence-electron chi connectivity index (χ0n) is 18.7. The number of hydrogen-bond donors (Lipinski definition) is 1. The van der Waals surface area contributed by atoms with E-state index >= 15 is 0 Å². The van der Waals surface area contributed by atoms with Gasteiger partial charge in [-0.05, 0) is 36.2 Å². The number of likely N-dealkylation sites (N-methyl/N-ethyl adjacent to an activating group) is 1. The van der Waals surface area contributed by atoms with Gasteiger partial charge in [-0.2, -0.15) is 0 Å². The summed E-state index contributed by atoms with van der Waals surface area (Å²) in [6, 6.07) is 10.9. The summed E-state index contributed by atoms with van der Waals surface area (Å²) in [5, 5.41) is 9.85. The van der Waals surface area contributed by atoms with Gasteiger partial charge in [-0.1, -0.05) is 35.3 Å². The van der Waals surface area contributed by atoms with Crippen molar-refractivity contribution in [2.75, 3.05) is 26.9 Å². The second kappa shape index (κ2) is 10.4. The van der Waals surface area contributed by atoms with Gasteiger partial charge in [0.1, 0.15) is 17.2 Å². The lowest BCUT2D eigenvalue weighted by Gasteiger charge is -2.36. The van der Waals surface area contributed by atoms with Crippen LogP contribution in [0, 0.1) is 0 Å². The molecule has 0 bridgehead atoms. The Morgan fingerprint density at radius 1 is 1.09 bits per heavy atom. The molecule has 0 fully saturated rings. The summed E-state index contributed by atoms with van der Waals surface area (Å²) in [7, 11) is 1.88. The van der Waals surface area contributed by atoms with Crippen molar-refractivity contribution in [1.29, 1.82) is 0 Å². The molecule has 0 amide bonds. The second-order valence-corrected chi connectivity index (χ2v) is 8.94. The number of halogens is 5. The molecule has 35 heavy (non-hydrogen) atoms. The molecule has 188 valence electrons. The predicted octanol–water partition coefficient (Wildman–Crippen LogP) is 4.90. The van der Waals surface area contributed by atoms with Gasteiger partial charge in [-0.15, -0.1) is 13.2 Å². The van der Waals surface area contributed by atoms with Crippen LogP contribution in [0.1, 0.15) is 12.0 Å². The van der Waals surface area contributed by atoms with Crippen LogP contribution in [-0.4, -0.2) is 65.2 Å². The molecule has 0 saturated heterocycles. The Labute approximate surface area is 210 Å². The summed E-state index contributed by atoms with van der Waals surface area (Å²) in [5.41, 5.74) is 1.72. The molecule has 0 spiro atoms. The Morgan fingerprint density at radius 3 is 2.49 bits per heavy atom. The number of aliphatic imine (C=N–C) groups is 1. The van der Waals surface area contributed by atoms with E-state index in [1.165, 1.54) is 6.07 Å². The summed E-state index contributed by atoms with van der Waals surface area (Å²) in [4.78, 5) is 10.6. The van der Waals surface area contributed by atoms with Crippen molar-refractivity contribution in [1.82, 2.24) is 14.7 Å². The molecule has 1 N–H and O–H groups in total. The van der Waals surface area contributed by atoms with Gasteiger partial charge in [0.2, 0.25) is 0 Å². The van der Waals surface area contributed by atoms with E-state index in [0.717, 1.165) is 23.4 Å². The zero-order chi connectivity index (χ0) is 25.2. The topological polar surface area (TPSA) is 60.8 Å². The van der Waals surface area contributed by atoms with Gasteiger partial charge in [0.25, 0.3) is 6.35 Å². The number of aliphatic hydroxyl groups is 1. The van der Waals surface area contributed by atoms with E-state index in [1.807, 2.05) is 35.2 Å². The molecule has 4 rings (SSSR count). The highest BCUT2D eigenvalue weighted by molar-refractivity contribution is 6.31. The van der Waals surface area contributed by atoms with Crippen molar-refractivity contribution < 1.29 is 27.8 Å². The number of nitrogens with zero attached hydrogens (tertiary/aromatic N) is 4. The summed E-state index contributed by atoms with van der Waals surface area (Å²) < 4.78 is 48.2. The normalized spacial score (nSPS) is 17.8. The Hall–Kier alpha value is -2.82. The van der Waals surface area contributed by atoms with Crippen molar-refractivity contribution in [2.45, 2.75) is 25.7 Å². The highest BCUT2D eigenvalue weighted by atomic mass is 35.5. The number of ether oxygens (including phenoxy) is 2. The fraction of sp³-hybridized carbons (Fsp3) is 0.348. The van der Waals surface area contributed by atoms with E-state index in [-0.39, 0.29) is 17.4 Å². The molecule has 2 aliphatic heterocycles. The third-order valence-electron chi connectivity index (χ3n) is 5.29. The predicted molar refractivity (Wildman–Crippen MR) is 126 cm³/mol. The van der Waals surface area contributed by atoms with Gasteiger partial charge < -0.3 is 29.3 Å². The van der Waals surface area contributed by atoms with E-state index in [9.17, 15) is 18.3 Å². The quantitative estimate of drug-likeness (QED) is 0.524. The number of amidine groups is 1. The van der Waals surface area contributed by atoms with Gasteiger partial charge in [-0.3, -0.25) is 0 Å². The molecule has 1 unspecified atom stereocenters. The van der Waals surface area contributed by atoms with Crippen LogP contribution in [0.2, 0.25) is 10.0 Å². The van der Waals surface area contributed by atoms with Crippen molar-refractivity contribution in [2.24, 2.45) is 4.99 Å². The van der Waals surface area contributed by atoms with Crippen molar-refractivity contribution >= 4 is 29.0 Å². The van der Waals surface area contributed by atoms with Crippen LogP contribution in [-0.2, 0) is 6.54 Å². The minimum atomic E-state index is -4.86. The molecular weight excluding hydrogens is 508 g/mol. The van der Waals surface area contributed by atoms with Crippen molar-refractivity contribution in [3.05, 3.63) is 70.0 Å². The first kappa shape index (κ1) is 25.3. The third-order valence-corrected chi connectivity index (χ3v) is 5.76. The molecule has 2 aliphatic rings. The molecule has 0 radical (unpaired) electrons. The summed E-state index contributed by atoms with van der Waals surface area (Å²) in [6.07, 6.45) is -3.18. The smallest absolute Gasteiger partial charge is 0.450 e. The number of benzene rings is 2. The number of fused-ring (bicyclic) bond motifs is 1. The Morgan fingerprint density at radius 2 is 1.80 bits per heavy atom. The van der Waals surface area contributed by atoms with Gasteiger partial charge >= 0.3 is 6.36 Å². The van der Waals surface area contributed by atoms with Gasteiger partial charge in [0.15, 0.2) is 5.84 Å². The minimum absolute atomic E-state index is 0.0283. The zero-order valence-corrected chi connectivity index (χ0v) is 20.2. The van der Waals surface area contributed by atoms with Crippen molar-refractivity contribution in [3.8, 4) is 11.5 Å². The van der Waals surface area contributed by atoms with Gasteiger partial charge in [0, 0.05) is 49.1 Å². The molecule has 0 aromatic heterocycles. The lowest BCUT2D eigenvalue weighted by atomic mass is 10.2. The van der Waals surface area contributed by atoms with E-state index in [1.54, 1.807) is 12.1 Å². The minimum Gasteiger partial charge on any atom is -0.450 e. The molecule has 7 nitrogen and oxygen atoms in total. The standard InChI is InChI=1S/C23H23Cl2F3N4O3/c1-30-14-31(7-2-8-33)13-20-21(30)29-22(32(20)12-15-3-5-16(24)6-4-15)34-18-9-17(25)10-19(11-18)35-23(26,27)28/h3-6,9-11,13,22,33H,2,7-8,12,14H2,1H3. The van der Waals surface area contributed by atoms with Crippen LogP contribution in [0.3, 0.4) is 0 Å². The van der Waals surface area contributed by atoms with Crippen LogP contribution in [0.15, 0.2) is 59.4 Å². The van der Waals surface area contributed by atoms with Gasteiger partial charge in [-0.25, -0.2) is 4.99 Å². The number of hydrogen-bond acceptors (Lipinski definition) is 7. The first-order valence-electron chi connectivity index (χ1n) is 10.7. The Balaban J connectivity index is 1.65. The molecule has 0 aliphatic carbocycles. The lowest BCUT2D eigenvalue weighted by molar-refractivity contribution is -0.274. The van der Waals surface area contributed by atoms with Crippen molar-refractivity contribution in [3.63, 3.8) is 0 Å². The van der Waals surface area contributed by atoms with Crippen LogP contribution in [0.4, 0.5) is 13.2 Å². The average molecular weight is 531 g/mol. The molecule has 2 heterocycles. The monoisotopic (exact) mass is 530 g/mol. The number of alkyl halides is 3. The van der Waals surface area contributed by atoms with E-state index < -0.39 is 18.5 Å². The first-order valence-corrected chi connectivity index (χ1v) is 11.5. The number of aliphatic hydroxyl groups excluding tert-OH is 1. The largest absolute Gasteiger partial charge is 0.573 e. The number of rotatable bonds is 8. The van der Waals surface area contributed by atoms with Gasteiger partial charge in [0.05, 0.1) is 6.67 Å². The average Bonchev–Trinajstić information content (AvgIpc) is 3.09. The van der Waals surface area contributed by atoms with E-state index in [0.29, 0.717) is 37.0 Å². The third kappa shape index (κ3) is 6.45. The lowest BCUT2D eigenvalue weighted by Crippen LogP contribution is -2.44. The van der Waals surface area contributed by atoms with Crippen LogP contribution in [0.25, 0.3) is 0 Å². The van der Waals surface area contributed by atoms with Crippen LogP contribution >= 0.6 is 23.2 Å². The highest BCUT2D eigenvalue weighted by Gasteiger charge is 2.37. The Kier molecular flexibility index (Phi) is 7.53. The first-order chi connectivity index (χ1) is 16.6. The van der Waals surface area contributed by atoms with E-state index in [4.69, 9.17) is 32.9 Å². The van der Waals surface area contributed by atoms with E-state index in [2.05, 4.69) is 9.64 Å². The molecule has 2 aromatic carbocycles. The van der Waals surface area contributed by atoms with Crippen LogP contribution < -0.4 is 9.47 Å². The molecule has 1 atom stereocenters. The second-order valence-electron chi connectivity index (χ2n) is 8.06. The molecule has 2 aromatic rings. The fourth-order valence-electron chi connectivity index (χ4n) is 3.84. The summed E-state index contributed by atoms with van der Waals surface area (Å²) in [5.74, 6) is 0.267. The highest BCUT2D eigenvalue weighted by Crippen LogP contribution is 2.34. The molecule has 12 heteroatoms. The maximum atomic E-state index is 12.7. The maximum absolute atomic E-state index is 12.7. The maximum Gasteiger partial charge on any atom is 0.573 e. The SMILES string of the molecule is CN1CN(CCCO)C=C2C1=NC(Oc1cc(Cl)cc(OC(F)(F)F)c1)N2Cc1ccc(Cl)cc1. The Bertz CT molecular complexity index is 1110. The van der Waals surface area contributed by atoms with Crippen LogP contribution in [0.5, 0.6) is 11.5 Å². The fourth-order valence-corrected chi connectivity index (χ4v) is 4.18. The molecule has 0 saturated carbocycles. The summed E-state index contributed by atoms with van der Waals surface area (Å²) >= 11 is 12.0.